The Bertz CT molecular complexity index is 3590. The Morgan fingerprint density at radius 1 is 0.733 bits per heavy atom. The number of carbonyl (C=O) groups excluding carboxylic acids is 3. The van der Waals surface area contributed by atoms with Gasteiger partial charge in [-0.2, -0.15) is 9.97 Å². The number of nitrogen functional groups attached to an aromatic ring is 2. The Morgan fingerprint density at radius 3 is 2.13 bits per heavy atom. The fourth-order valence-electron chi connectivity index (χ4n) is 9.00. The molecular formula is C61H79FN18O10. The third-order valence-electron chi connectivity index (χ3n) is 13.2. The first-order chi connectivity index (χ1) is 43.4. The van der Waals surface area contributed by atoms with Crippen molar-refractivity contribution >= 4 is 58.0 Å². The minimum atomic E-state index is -1.08. The number of carbonyl (C=O) groups is 3. The normalized spacial score (nSPS) is 12.0. The number of rotatable bonds is 37. The molecule has 8 aromatic rings. The first kappa shape index (κ1) is 67.0. The Labute approximate surface area is 520 Å². The zero-order chi connectivity index (χ0) is 63.8. The van der Waals surface area contributed by atoms with Crippen LogP contribution in [0.3, 0.4) is 0 Å². The molecule has 0 aliphatic heterocycles. The van der Waals surface area contributed by atoms with Gasteiger partial charge in [-0.1, -0.05) is 5.21 Å². The minimum Gasteiger partial charge on any atom is -0.458 e. The van der Waals surface area contributed by atoms with Gasteiger partial charge in [0.25, 0.3) is 5.91 Å². The summed E-state index contributed by atoms with van der Waals surface area (Å²) in [5.41, 5.74) is 18.6. The van der Waals surface area contributed by atoms with Gasteiger partial charge in [0.15, 0.2) is 17.0 Å². The average Bonchev–Trinajstić information content (AvgIpc) is 2.14. The van der Waals surface area contributed by atoms with Crippen molar-refractivity contribution in [3.8, 4) is 22.6 Å². The summed E-state index contributed by atoms with van der Waals surface area (Å²) in [6, 6.07) is 18.0. The van der Waals surface area contributed by atoms with E-state index in [0.717, 1.165) is 34.7 Å². The predicted octanol–water partition coefficient (Wildman–Crippen LogP) is 4.53. The van der Waals surface area contributed by atoms with Gasteiger partial charge in [-0.25, -0.2) is 38.8 Å². The van der Waals surface area contributed by atoms with Crippen molar-refractivity contribution in [2.75, 3.05) is 129 Å². The van der Waals surface area contributed by atoms with E-state index in [2.05, 4.69) is 62.1 Å². The van der Waals surface area contributed by atoms with E-state index in [0.29, 0.717) is 131 Å². The molecule has 7 N–H and O–H groups in total. The standard InChI is InChI=1S/C61H79FN18O10/c1-61(2,3)90-58(83)49(70-57(82)43-9-13-47(14-10-43)78(6)38-45-36-68-56-53(69-45)55(63)73-59(64)74-56)15-16-51(81)65-20-24-84-27-30-87-32-29-86-26-23-79-39-46(75-76-79)40-89-34-33-88-31-28-85-25-21-67-60-66-19-17-48(71-60)54-52(42-7-11-44(62)12-8-42)72-50-35-41(37-77(4)5)18-22-80(50)54/h7-14,17-19,22,35-36,39,49H,15-16,20-21,23-34,37-38,40H2,1-6H3,(H,65,81)(H,70,82)(H,66,67,71)(H4,63,64,68,73,74)/t49-/m0/s1. The summed E-state index contributed by atoms with van der Waals surface area (Å²) in [6.45, 7) is 11.8. The molecule has 2 aromatic carbocycles. The third kappa shape index (κ3) is 21.1. The van der Waals surface area contributed by atoms with Crippen LogP contribution in [-0.2, 0) is 69.0 Å². The van der Waals surface area contributed by atoms with Gasteiger partial charge in [-0.15, -0.1) is 5.10 Å². The van der Waals surface area contributed by atoms with Crippen LogP contribution in [0.15, 0.2) is 91.5 Å². The van der Waals surface area contributed by atoms with Gasteiger partial charge < -0.3 is 70.4 Å². The quantitative estimate of drug-likeness (QED) is 0.0264. The summed E-state index contributed by atoms with van der Waals surface area (Å²) in [6.07, 6.45) is 7.03. The predicted molar refractivity (Wildman–Crippen MR) is 333 cm³/mol. The lowest BCUT2D eigenvalue weighted by Gasteiger charge is -2.24. The number of fused-ring (bicyclic) bond motifs is 2. The molecule has 0 radical (unpaired) electrons. The van der Waals surface area contributed by atoms with Gasteiger partial charge >= 0.3 is 5.97 Å². The maximum absolute atomic E-state index is 13.9. The van der Waals surface area contributed by atoms with Crippen LogP contribution in [-0.4, -0.2) is 196 Å². The number of esters is 1. The first-order valence-corrected chi connectivity index (χ1v) is 29.5. The van der Waals surface area contributed by atoms with E-state index in [9.17, 15) is 18.8 Å². The van der Waals surface area contributed by atoms with Crippen molar-refractivity contribution in [2.45, 2.75) is 71.5 Å². The van der Waals surface area contributed by atoms with Gasteiger partial charge in [0.05, 0.1) is 128 Å². The molecule has 2 amide bonds. The number of hydrogen-bond acceptors (Lipinski definition) is 24. The van der Waals surface area contributed by atoms with Crippen LogP contribution in [0.5, 0.6) is 0 Å². The molecule has 0 saturated carbocycles. The highest BCUT2D eigenvalue weighted by atomic mass is 19.1. The van der Waals surface area contributed by atoms with Crippen molar-refractivity contribution in [1.82, 2.24) is 69.8 Å². The van der Waals surface area contributed by atoms with E-state index >= 15 is 0 Å². The second-order valence-electron chi connectivity index (χ2n) is 21.9. The molecule has 0 aliphatic carbocycles. The summed E-state index contributed by atoms with van der Waals surface area (Å²) in [4.78, 5) is 74.4. The van der Waals surface area contributed by atoms with Gasteiger partial charge in [0.2, 0.25) is 17.8 Å². The minimum absolute atomic E-state index is 0.0116. The molecule has 6 heterocycles. The van der Waals surface area contributed by atoms with E-state index < -0.39 is 23.5 Å². The molecule has 480 valence electrons. The molecule has 90 heavy (non-hydrogen) atoms. The van der Waals surface area contributed by atoms with Crippen LogP contribution in [0.4, 0.5) is 27.8 Å². The van der Waals surface area contributed by atoms with Crippen LogP contribution < -0.4 is 32.3 Å². The number of imidazole rings is 1. The number of amides is 2. The van der Waals surface area contributed by atoms with Gasteiger partial charge in [-0.3, -0.25) is 14.0 Å². The van der Waals surface area contributed by atoms with Crippen LogP contribution in [0.1, 0.15) is 60.9 Å². The van der Waals surface area contributed by atoms with Gasteiger partial charge in [0, 0.05) is 62.3 Å². The Kier molecular flexibility index (Phi) is 25.0. The van der Waals surface area contributed by atoms with Crippen molar-refractivity contribution < 1.29 is 51.9 Å². The van der Waals surface area contributed by atoms with E-state index in [1.807, 2.05) is 48.8 Å². The summed E-state index contributed by atoms with van der Waals surface area (Å²) >= 11 is 0. The molecule has 6 aromatic heterocycles. The summed E-state index contributed by atoms with van der Waals surface area (Å²) < 4.78 is 57.2. The van der Waals surface area contributed by atoms with Crippen molar-refractivity contribution in [3.05, 3.63) is 120 Å². The zero-order valence-electron chi connectivity index (χ0n) is 51.6. The number of nitrogens with two attached hydrogens (primary N) is 2. The molecule has 28 nitrogen and oxygen atoms in total. The SMILES string of the molecule is CN(C)Cc1ccn2c(-c3ccnc(NCCOCCOCCOCc4cn(CCOCCOCCOCCNC(=O)CC[C@H](NC(=O)c5ccc(N(C)Cc6cnc7nc(N)nc(N)c7n6)cc5)C(=O)OC(C)(C)C)nn4)n3)c(-c3ccc(F)cc3)nc2c1. The van der Waals surface area contributed by atoms with Crippen molar-refractivity contribution in [3.63, 3.8) is 0 Å². The monoisotopic (exact) mass is 1240 g/mol. The molecule has 0 spiro atoms. The van der Waals surface area contributed by atoms with E-state index in [4.69, 9.17) is 54.6 Å². The number of benzene rings is 2. The molecule has 0 aliphatic rings. The summed E-state index contributed by atoms with van der Waals surface area (Å²) in [5, 5.41) is 17.1. The molecule has 0 fully saturated rings. The number of nitrogens with zero attached hydrogens (tertiary/aromatic N) is 13. The first-order valence-electron chi connectivity index (χ1n) is 29.5. The third-order valence-corrected chi connectivity index (χ3v) is 13.2. The van der Waals surface area contributed by atoms with Crippen LogP contribution in [0.2, 0.25) is 0 Å². The second kappa shape index (κ2) is 33.6. The molecule has 0 unspecified atom stereocenters. The molecular weight excluding hydrogens is 1160 g/mol. The number of aromatic nitrogens is 11. The van der Waals surface area contributed by atoms with Gasteiger partial charge in [-0.05, 0) is 114 Å². The maximum atomic E-state index is 13.9. The second-order valence-corrected chi connectivity index (χ2v) is 21.9. The Balaban J connectivity index is 0.616. The van der Waals surface area contributed by atoms with E-state index in [1.165, 1.54) is 12.1 Å². The van der Waals surface area contributed by atoms with E-state index in [-0.39, 0.29) is 56.1 Å². The molecule has 1 atom stereocenters. The fourth-order valence-corrected chi connectivity index (χ4v) is 9.00. The summed E-state index contributed by atoms with van der Waals surface area (Å²) in [5.74, 6) is -1.21. The van der Waals surface area contributed by atoms with Crippen LogP contribution >= 0.6 is 0 Å². The zero-order valence-corrected chi connectivity index (χ0v) is 51.6. The Morgan fingerprint density at radius 2 is 1.42 bits per heavy atom. The Hall–Kier alpha value is -8.97. The van der Waals surface area contributed by atoms with Crippen molar-refractivity contribution in [1.29, 1.82) is 0 Å². The lowest BCUT2D eigenvalue weighted by atomic mass is 10.1. The molecule has 8 rings (SSSR count). The highest BCUT2D eigenvalue weighted by Gasteiger charge is 2.28. The lowest BCUT2D eigenvalue weighted by molar-refractivity contribution is -0.157. The van der Waals surface area contributed by atoms with E-state index in [1.54, 1.807) is 80.4 Å². The highest BCUT2D eigenvalue weighted by molar-refractivity contribution is 5.97. The van der Waals surface area contributed by atoms with Gasteiger partial charge in [0.1, 0.15) is 28.8 Å². The molecule has 29 heteroatoms. The number of halogens is 1. The fraction of sp³-hybridized carbons (Fsp3) is 0.443. The van der Waals surface area contributed by atoms with Crippen LogP contribution in [0.25, 0.3) is 39.5 Å². The number of ether oxygens (including phenoxy) is 7. The molecule has 0 saturated heterocycles. The topological polar surface area (TPSA) is 336 Å². The average molecular weight is 1240 g/mol. The number of hydrogen-bond donors (Lipinski definition) is 5. The highest BCUT2D eigenvalue weighted by Crippen LogP contribution is 2.33. The number of nitrogens with one attached hydrogen (secondary N) is 3. The largest absolute Gasteiger partial charge is 0.458 e. The van der Waals surface area contributed by atoms with Crippen LogP contribution in [0, 0.1) is 5.82 Å². The number of anilines is 4. The van der Waals surface area contributed by atoms with Crippen molar-refractivity contribution in [2.24, 2.45) is 0 Å². The smallest absolute Gasteiger partial charge is 0.329 e. The number of pyridine rings is 1. The molecule has 0 bridgehead atoms. The lowest BCUT2D eigenvalue weighted by Crippen LogP contribution is -2.45. The maximum Gasteiger partial charge on any atom is 0.329 e. The summed E-state index contributed by atoms with van der Waals surface area (Å²) in [7, 11) is 5.89.